The first-order valence-corrected chi connectivity index (χ1v) is 11.1. The molecule has 1 saturated carbocycles. The van der Waals surface area contributed by atoms with Crippen LogP contribution in [0.1, 0.15) is 71.9 Å². The molecule has 3 rings (SSSR count). The van der Waals surface area contributed by atoms with Gasteiger partial charge in [-0.25, -0.2) is 4.98 Å². The van der Waals surface area contributed by atoms with Gasteiger partial charge in [0, 0.05) is 35.2 Å². The third-order valence-electron chi connectivity index (χ3n) is 4.75. The summed E-state index contributed by atoms with van der Waals surface area (Å²) in [6.07, 6.45) is 16.7. The van der Waals surface area contributed by atoms with Gasteiger partial charge in [0.2, 0.25) is 6.41 Å². The van der Waals surface area contributed by atoms with Gasteiger partial charge in [0.15, 0.2) is 5.78 Å². The summed E-state index contributed by atoms with van der Waals surface area (Å²) in [5, 5.41) is 4.37. The summed E-state index contributed by atoms with van der Waals surface area (Å²) in [4.78, 5) is 31.8. The fraction of sp³-hybridized carbons (Fsp3) is 0.385. The second-order valence-corrected chi connectivity index (χ2v) is 7.58. The monoisotopic (exact) mass is 419 g/mol. The van der Waals surface area contributed by atoms with E-state index in [9.17, 15) is 9.59 Å². The van der Waals surface area contributed by atoms with E-state index in [2.05, 4.69) is 15.3 Å². The molecule has 1 amide bonds. The second-order valence-electron chi connectivity index (χ2n) is 7.58. The minimum Gasteiger partial charge on any atom is -0.313 e. The Kier molecular flexibility index (Phi) is 9.82. The topological polar surface area (TPSA) is 72.0 Å². The standard InChI is InChI=1S/C23H27N3O2.C3H6/c1-5-8-17(22(28)9-6-2)10-16(4)20(7-3)21-11-18-14-25-23(26-15-27)12-19(18)13-24-21;1-2-3-1/h7-8,10-15H,5-6,9H2,1-4H3,(H,25,26,27);1-3H2/b16-10-,17-8-,20-7+;. The quantitative estimate of drug-likeness (QED) is 0.289. The highest BCUT2D eigenvalue weighted by Gasteiger charge is 2.11. The summed E-state index contributed by atoms with van der Waals surface area (Å²) < 4.78 is 0. The molecular weight excluding hydrogens is 386 g/mol. The highest BCUT2D eigenvalue weighted by Crippen LogP contribution is 2.26. The predicted octanol–water partition coefficient (Wildman–Crippen LogP) is 6.42. The average Bonchev–Trinajstić information content (AvgIpc) is 3.64. The van der Waals surface area contributed by atoms with Crippen LogP contribution in [0.5, 0.6) is 0 Å². The first kappa shape index (κ1) is 24.2. The van der Waals surface area contributed by atoms with Crippen molar-refractivity contribution in [2.24, 2.45) is 0 Å². The van der Waals surface area contributed by atoms with Crippen molar-refractivity contribution in [1.82, 2.24) is 9.97 Å². The molecule has 2 aromatic heterocycles. The summed E-state index contributed by atoms with van der Waals surface area (Å²) in [6.45, 7) is 8.01. The number of amides is 1. The molecule has 2 aromatic rings. The van der Waals surface area contributed by atoms with Crippen LogP contribution in [0, 0.1) is 0 Å². The lowest BCUT2D eigenvalue weighted by Crippen LogP contribution is -2.01. The number of allylic oxidation sites excluding steroid dienone is 6. The highest BCUT2D eigenvalue weighted by molar-refractivity contribution is 5.99. The van der Waals surface area contributed by atoms with Gasteiger partial charge in [-0.1, -0.05) is 45.3 Å². The van der Waals surface area contributed by atoms with Crippen LogP contribution in [0.3, 0.4) is 0 Å². The van der Waals surface area contributed by atoms with Crippen molar-refractivity contribution in [1.29, 1.82) is 0 Å². The van der Waals surface area contributed by atoms with Gasteiger partial charge >= 0.3 is 0 Å². The van der Waals surface area contributed by atoms with Gasteiger partial charge in [0.25, 0.3) is 0 Å². The molecule has 1 N–H and O–H groups in total. The molecule has 164 valence electrons. The van der Waals surface area contributed by atoms with Crippen molar-refractivity contribution in [3.05, 3.63) is 59.6 Å². The zero-order valence-corrected chi connectivity index (χ0v) is 19.1. The largest absolute Gasteiger partial charge is 0.313 e. The third kappa shape index (κ3) is 7.59. The zero-order chi connectivity index (χ0) is 22.6. The van der Waals surface area contributed by atoms with Gasteiger partial charge in [-0.15, -0.1) is 0 Å². The van der Waals surface area contributed by atoms with Crippen LogP contribution in [-0.4, -0.2) is 22.2 Å². The SMILES string of the molecule is C1CC1.C\C=C(/C(C)=C\C(=C\CC)C(=O)CCC)c1cc2cnc(NC=O)cc2cn1. The molecule has 5 nitrogen and oxygen atoms in total. The lowest BCUT2D eigenvalue weighted by molar-refractivity contribution is -0.115. The van der Waals surface area contributed by atoms with Crippen LogP contribution in [0.15, 0.2) is 53.9 Å². The number of hydrogen-bond donors (Lipinski definition) is 1. The minimum atomic E-state index is 0.171. The summed E-state index contributed by atoms with van der Waals surface area (Å²) in [7, 11) is 0. The van der Waals surface area contributed by atoms with Gasteiger partial charge in [0.05, 0.1) is 5.69 Å². The molecule has 1 fully saturated rings. The maximum Gasteiger partial charge on any atom is 0.212 e. The molecule has 0 radical (unpaired) electrons. The van der Waals surface area contributed by atoms with Gasteiger partial charge in [-0.3, -0.25) is 14.6 Å². The average molecular weight is 420 g/mol. The van der Waals surface area contributed by atoms with Gasteiger partial charge in [-0.2, -0.15) is 0 Å². The lowest BCUT2D eigenvalue weighted by Gasteiger charge is -2.10. The molecule has 5 heteroatoms. The van der Waals surface area contributed by atoms with Crippen molar-refractivity contribution in [2.75, 3.05) is 5.32 Å². The fourth-order valence-corrected chi connectivity index (χ4v) is 3.06. The highest BCUT2D eigenvalue weighted by atomic mass is 16.1. The summed E-state index contributed by atoms with van der Waals surface area (Å²) >= 11 is 0. The number of fused-ring (bicyclic) bond motifs is 1. The molecule has 0 atom stereocenters. The fourth-order valence-electron chi connectivity index (χ4n) is 3.06. The van der Waals surface area contributed by atoms with Gasteiger partial charge < -0.3 is 5.32 Å². The number of carbonyl (C=O) groups excluding carboxylic acids is 2. The van der Waals surface area contributed by atoms with Crippen LogP contribution in [0.2, 0.25) is 0 Å². The Hall–Kier alpha value is -3.08. The maximum atomic E-state index is 12.4. The molecule has 2 heterocycles. The summed E-state index contributed by atoms with van der Waals surface area (Å²) in [5.41, 5.74) is 3.54. The van der Waals surface area contributed by atoms with Crippen molar-refractivity contribution < 1.29 is 9.59 Å². The van der Waals surface area contributed by atoms with E-state index in [0.29, 0.717) is 18.6 Å². The summed E-state index contributed by atoms with van der Waals surface area (Å²) in [6, 6.07) is 3.75. The van der Waals surface area contributed by atoms with E-state index in [1.807, 2.05) is 52.0 Å². The number of pyridine rings is 2. The Balaban J connectivity index is 0.00000104. The smallest absolute Gasteiger partial charge is 0.212 e. The van der Waals surface area contributed by atoms with E-state index in [-0.39, 0.29) is 5.78 Å². The number of Topliss-reactive ketones (excluding diaryl/α,β-unsaturated/α-hetero) is 1. The molecule has 1 aliphatic rings. The van der Waals surface area contributed by atoms with E-state index in [4.69, 9.17) is 0 Å². The first-order valence-electron chi connectivity index (χ1n) is 11.1. The van der Waals surface area contributed by atoms with E-state index in [1.165, 1.54) is 19.3 Å². The van der Waals surface area contributed by atoms with Crippen molar-refractivity contribution in [3.63, 3.8) is 0 Å². The Labute approximate surface area is 185 Å². The Bertz CT molecular complexity index is 998. The van der Waals surface area contributed by atoms with Crippen LogP contribution in [0.25, 0.3) is 16.3 Å². The third-order valence-corrected chi connectivity index (χ3v) is 4.75. The summed E-state index contributed by atoms with van der Waals surface area (Å²) in [5.74, 6) is 0.660. The number of ketones is 1. The minimum absolute atomic E-state index is 0.171. The number of rotatable bonds is 9. The number of anilines is 1. The number of aromatic nitrogens is 2. The van der Waals surface area contributed by atoms with E-state index >= 15 is 0 Å². The van der Waals surface area contributed by atoms with Crippen LogP contribution < -0.4 is 5.32 Å². The Morgan fingerprint density at radius 2 is 1.77 bits per heavy atom. The van der Waals surface area contributed by atoms with Crippen LogP contribution >= 0.6 is 0 Å². The second kappa shape index (κ2) is 12.6. The van der Waals surface area contributed by atoms with E-state index in [1.54, 1.807) is 18.5 Å². The Morgan fingerprint density at radius 1 is 1.10 bits per heavy atom. The zero-order valence-electron chi connectivity index (χ0n) is 19.1. The molecule has 0 bridgehead atoms. The molecule has 0 spiro atoms. The van der Waals surface area contributed by atoms with Crippen molar-refractivity contribution in [3.8, 4) is 0 Å². The number of nitrogens with one attached hydrogen (secondary N) is 1. The molecule has 0 unspecified atom stereocenters. The van der Waals surface area contributed by atoms with Gasteiger partial charge in [0.1, 0.15) is 5.82 Å². The number of nitrogens with zero attached hydrogens (tertiary/aromatic N) is 2. The van der Waals surface area contributed by atoms with E-state index in [0.717, 1.165) is 46.0 Å². The maximum absolute atomic E-state index is 12.4. The number of carbonyl (C=O) groups is 2. The lowest BCUT2D eigenvalue weighted by atomic mass is 9.97. The normalized spacial score (nSPS) is 14.0. The van der Waals surface area contributed by atoms with Crippen LogP contribution in [-0.2, 0) is 9.59 Å². The van der Waals surface area contributed by atoms with E-state index < -0.39 is 0 Å². The van der Waals surface area contributed by atoms with Crippen molar-refractivity contribution >= 4 is 34.4 Å². The molecular formula is C26H33N3O2. The molecule has 0 aromatic carbocycles. The Morgan fingerprint density at radius 3 is 2.35 bits per heavy atom. The predicted molar refractivity (Wildman–Crippen MR) is 129 cm³/mol. The molecule has 0 aliphatic heterocycles. The first-order chi connectivity index (χ1) is 15.0. The molecule has 1 aliphatic carbocycles. The van der Waals surface area contributed by atoms with Crippen LogP contribution in [0.4, 0.5) is 5.82 Å². The van der Waals surface area contributed by atoms with Crippen molar-refractivity contribution in [2.45, 2.75) is 66.2 Å². The molecule has 31 heavy (non-hydrogen) atoms. The number of hydrogen-bond acceptors (Lipinski definition) is 4. The molecule has 0 saturated heterocycles. The van der Waals surface area contributed by atoms with Gasteiger partial charge in [-0.05, 0) is 56.0 Å².